The van der Waals surface area contributed by atoms with Crippen LogP contribution in [0.3, 0.4) is 0 Å². The molecule has 10 nitrogen and oxygen atoms in total. The third kappa shape index (κ3) is 6.13. The molecule has 1 aromatic heterocycles. The van der Waals surface area contributed by atoms with Gasteiger partial charge in [0.1, 0.15) is 0 Å². The molecule has 2 amide bonds. The van der Waals surface area contributed by atoms with Crippen LogP contribution in [0, 0.1) is 13.8 Å². The molecule has 3 aromatic carbocycles. The van der Waals surface area contributed by atoms with Gasteiger partial charge in [0.25, 0.3) is 11.5 Å². The summed E-state index contributed by atoms with van der Waals surface area (Å²) in [4.78, 5) is 38.3. The van der Waals surface area contributed by atoms with E-state index in [2.05, 4.69) is 20.7 Å². The van der Waals surface area contributed by atoms with E-state index in [0.29, 0.717) is 10.8 Å². The predicted molar refractivity (Wildman–Crippen MR) is 143 cm³/mol. The Balaban J connectivity index is 1.41. The normalized spacial score (nSPS) is 11.3. The van der Waals surface area contributed by atoms with E-state index in [-0.39, 0.29) is 35.7 Å². The predicted octanol–water partition coefficient (Wildman–Crippen LogP) is 2.19. The number of carbonyl (C=O) groups excluding carboxylic acids is 2. The van der Waals surface area contributed by atoms with Crippen LogP contribution in [0.4, 0.5) is 0 Å². The molecule has 0 radical (unpaired) electrons. The molecule has 4 rings (SSSR count). The molecule has 0 aliphatic rings. The van der Waals surface area contributed by atoms with Crippen molar-refractivity contribution >= 4 is 32.6 Å². The Hall–Kier alpha value is -4.35. The zero-order valence-electron chi connectivity index (χ0n) is 20.9. The monoisotopic (exact) mass is 533 g/mol. The van der Waals surface area contributed by atoms with Crippen LogP contribution in [0.5, 0.6) is 0 Å². The van der Waals surface area contributed by atoms with E-state index in [1.54, 1.807) is 36.4 Å². The van der Waals surface area contributed by atoms with E-state index in [0.717, 1.165) is 16.7 Å². The SMILES string of the molecule is Cc1ccc(S(=O)(=O)NCCC(=O)NNC(=O)c2nn(Cc3ccccc3)c(=O)c3ccccc23)cc1C. The summed E-state index contributed by atoms with van der Waals surface area (Å²) < 4.78 is 28.6. The second-order valence-electron chi connectivity index (χ2n) is 8.74. The average Bonchev–Trinajstić information content (AvgIpc) is 2.91. The van der Waals surface area contributed by atoms with Crippen molar-refractivity contribution in [3.63, 3.8) is 0 Å². The lowest BCUT2D eigenvalue weighted by atomic mass is 10.1. The molecule has 0 unspecified atom stereocenters. The number of rotatable bonds is 8. The quantitative estimate of drug-likeness (QED) is 0.297. The number of aromatic nitrogens is 2. The molecule has 0 atom stereocenters. The van der Waals surface area contributed by atoms with Crippen LogP contribution in [0.15, 0.2) is 82.5 Å². The number of nitrogens with one attached hydrogen (secondary N) is 3. The van der Waals surface area contributed by atoms with Crippen molar-refractivity contribution in [1.82, 2.24) is 25.4 Å². The molecule has 11 heteroatoms. The minimum atomic E-state index is -3.79. The molecule has 0 aliphatic carbocycles. The van der Waals surface area contributed by atoms with Gasteiger partial charge in [-0.05, 0) is 48.7 Å². The molecule has 0 saturated heterocycles. The number of nitrogens with zero attached hydrogens (tertiary/aromatic N) is 2. The van der Waals surface area contributed by atoms with Gasteiger partial charge in [0.15, 0.2) is 5.69 Å². The first-order valence-electron chi connectivity index (χ1n) is 11.9. The number of amides is 2. The summed E-state index contributed by atoms with van der Waals surface area (Å²) >= 11 is 0. The van der Waals surface area contributed by atoms with Gasteiger partial charge >= 0.3 is 0 Å². The minimum Gasteiger partial charge on any atom is -0.273 e. The highest BCUT2D eigenvalue weighted by Crippen LogP contribution is 2.15. The van der Waals surface area contributed by atoms with E-state index >= 15 is 0 Å². The van der Waals surface area contributed by atoms with Crippen molar-refractivity contribution in [2.75, 3.05) is 6.54 Å². The van der Waals surface area contributed by atoms with Gasteiger partial charge in [-0.25, -0.2) is 17.8 Å². The van der Waals surface area contributed by atoms with Gasteiger partial charge in [0.05, 0.1) is 16.8 Å². The first kappa shape index (κ1) is 26.7. The van der Waals surface area contributed by atoms with Crippen LogP contribution >= 0.6 is 0 Å². The van der Waals surface area contributed by atoms with Crippen molar-refractivity contribution in [2.24, 2.45) is 0 Å². The number of carbonyl (C=O) groups is 2. The topological polar surface area (TPSA) is 139 Å². The van der Waals surface area contributed by atoms with Crippen LogP contribution in [-0.4, -0.2) is 36.6 Å². The van der Waals surface area contributed by atoms with E-state index in [9.17, 15) is 22.8 Å². The standard InChI is InChI=1S/C27H27N5O5S/c1-18-12-13-21(16-19(18)2)38(36,37)28-15-14-24(33)29-30-26(34)25-22-10-6-7-11-23(22)27(35)32(31-25)17-20-8-4-3-5-9-20/h3-13,16,28H,14-15,17H2,1-2H3,(H,29,33)(H,30,34). The first-order chi connectivity index (χ1) is 18.2. The zero-order valence-corrected chi connectivity index (χ0v) is 21.7. The maximum absolute atomic E-state index is 13.0. The Morgan fingerprint density at radius 3 is 2.26 bits per heavy atom. The number of hydrazine groups is 1. The Morgan fingerprint density at radius 1 is 0.868 bits per heavy atom. The maximum atomic E-state index is 13.0. The summed E-state index contributed by atoms with van der Waals surface area (Å²) in [5.74, 6) is -1.32. The second kappa shape index (κ2) is 11.4. The summed E-state index contributed by atoms with van der Waals surface area (Å²) in [6.07, 6.45) is -0.216. The highest BCUT2D eigenvalue weighted by molar-refractivity contribution is 7.89. The molecular formula is C27H27N5O5S. The molecule has 38 heavy (non-hydrogen) atoms. The number of fused-ring (bicyclic) bond motifs is 1. The van der Waals surface area contributed by atoms with Crippen LogP contribution < -0.4 is 21.1 Å². The zero-order chi connectivity index (χ0) is 27.3. The Kier molecular flexibility index (Phi) is 7.99. The summed E-state index contributed by atoms with van der Waals surface area (Å²) in [5.41, 5.74) is 6.83. The van der Waals surface area contributed by atoms with Crippen molar-refractivity contribution in [2.45, 2.75) is 31.7 Å². The second-order valence-corrected chi connectivity index (χ2v) is 10.5. The number of hydrogen-bond donors (Lipinski definition) is 3. The third-order valence-corrected chi connectivity index (χ3v) is 7.46. The molecule has 3 N–H and O–H groups in total. The molecule has 4 aromatic rings. The minimum absolute atomic E-state index is 0.0353. The van der Waals surface area contributed by atoms with Crippen LogP contribution in [0.1, 0.15) is 33.6 Å². The molecule has 0 saturated carbocycles. The third-order valence-electron chi connectivity index (χ3n) is 6.01. The average molecular weight is 534 g/mol. The van der Waals surface area contributed by atoms with Crippen LogP contribution in [0.2, 0.25) is 0 Å². The molecular weight excluding hydrogens is 506 g/mol. The lowest BCUT2D eigenvalue weighted by Gasteiger charge is -2.12. The van der Waals surface area contributed by atoms with Crippen molar-refractivity contribution < 1.29 is 18.0 Å². The maximum Gasteiger partial charge on any atom is 0.290 e. The van der Waals surface area contributed by atoms with E-state index < -0.39 is 21.8 Å². The van der Waals surface area contributed by atoms with E-state index in [1.807, 2.05) is 44.2 Å². The summed E-state index contributed by atoms with van der Waals surface area (Å²) in [5, 5.41) is 4.92. The van der Waals surface area contributed by atoms with Crippen LogP contribution in [0.25, 0.3) is 10.8 Å². The van der Waals surface area contributed by atoms with Gasteiger partial charge in [-0.3, -0.25) is 25.2 Å². The number of hydrogen-bond acceptors (Lipinski definition) is 6. The molecule has 0 bridgehead atoms. The lowest BCUT2D eigenvalue weighted by Crippen LogP contribution is -2.43. The van der Waals surface area contributed by atoms with Crippen molar-refractivity contribution in [3.05, 3.63) is 106 Å². The summed E-state index contributed by atoms with van der Waals surface area (Å²) in [7, 11) is -3.79. The number of aryl methyl sites for hydroxylation is 2. The van der Waals surface area contributed by atoms with Crippen molar-refractivity contribution in [1.29, 1.82) is 0 Å². The van der Waals surface area contributed by atoms with Gasteiger partial charge < -0.3 is 0 Å². The van der Waals surface area contributed by atoms with Crippen LogP contribution in [-0.2, 0) is 21.4 Å². The molecule has 1 heterocycles. The summed E-state index contributed by atoms with van der Waals surface area (Å²) in [6, 6.07) is 20.6. The highest BCUT2D eigenvalue weighted by atomic mass is 32.2. The number of benzene rings is 3. The van der Waals surface area contributed by atoms with Gasteiger partial charge in [0.2, 0.25) is 15.9 Å². The smallest absolute Gasteiger partial charge is 0.273 e. The first-order valence-corrected chi connectivity index (χ1v) is 13.3. The molecule has 0 spiro atoms. The molecule has 0 aliphatic heterocycles. The molecule has 0 fully saturated rings. The van der Waals surface area contributed by atoms with Crippen molar-refractivity contribution in [3.8, 4) is 0 Å². The van der Waals surface area contributed by atoms with Gasteiger partial charge in [0, 0.05) is 18.4 Å². The largest absolute Gasteiger partial charge is 0.290 e. The molecule has 196 valence electrons. The summed E-state index contributed by atoms with van der Waals surface area (Å²) in [6.45, 7) is 3.70. The van der Waals surface area contributed by atoms with E-state index in [4.69, 9.17) is 0 Å². The van der Waals surface area contributed by atoms with Gasteiger partial charge in [-0.15, -0.1) is 0 Å². The fourth-order valence-electron chi connectivity index (χ4n) is 3.78. The Labute approximate surface area is 219 Å². The van der Waals surface area contributed by atoms with Gasteiger partial charge in [-0.1, -0.05) is 54.6 Å². The highest BCUT2D eigenvalue weighted by Gasteiger charge is 2.18. The number of sulfonamides is 1. The van der Waals surface area contributed by atoms with Gasteiger partial charge in [-0.2, -0.15) is 5.10 Å². The fraction of sp³-hybridized carbons (Fsp3) is 0.185. The van der Waals surface area contributed by atoms with E-state index in [1.165, 1.54) is 10.7 Å². The Bertz CT molecular complexity index is 1670. The fourth-order valence-corrected chi connectivity index (χ4v) is 4.89. The Morgan fingerprint density at radius 2 is 1.55 bits per heavy atom. The lowest BCUT2D eigenvalue weighted by molar-refractivity contribution is -0.121.